The summed E-state index contributed by atoms with van der Waals surface area (Å²) in [6.07, 6.45) is -2.04. The van der Waals surface area contributed by atoms with Gasteiger partial charge in [0.15, 0.2) is 0 Å². The highest BCUT2D eigenvalue weighted by molar-refractivity contribution is 5.96. The number of carbonyl (C=O) groups is 1. The molecule has 1 aliphatic rings. The van der Waals surface area contributed by atoms with Crippen LogP contribution in [0.5, 0.6) is 5.75 Å². The van der Waals surface area contributed by atoms with E-state index < -0.39 is 25.2 Å². The first-order valence-corrected chi connectivity index (χ1v) is 7.19. The van der Waals surface area contributed by atoms with Crippen molar-refractivity contribution in [1.29, 1.82) is 0 Å². The first-order chi connectivity index (χ1) is 10.9. The van der Waals surface area contributed by atoms with Crippen LogP contribution in [0.25, 0.3) is 5.52 Å². The third kappa shape index (κ3) is 3.25. The molecule has 0 N–H and O–H groups in total. The molecule has 0 radical (unpaired) electrons. The maximum Gasteiger partial charge on any atom is 0.392 e. The first-order valence-electron chi connectivity index (χ1n) is 7.19. The minimum atomic E-state index is -4.26. The van der Waals surface area contributed by atoms with Gasteiger partial charge in [-0.15, -0.1) is 0 Å². The van der Waals surface area contributed by atoms with Crippen molar-refractivity contribution in [3.63, 3.8) is 0 Å². The Hall–Kier alpha value is -2.25. The van der Waals surface area contributed by atoms with Crippen LogP contribution in [0.4, 0.5) is 13.2 Å². The first kappa shape index (κ1) is 15.6. The molecule has 8 heteroatoms. The Bertz CT molecular complexity index is 735. The van der Waals surface area contributed by atoms with Crippen LogP contribution >= 0.6 is 0 Å². The van der Waals surface area contributed by atoms with Crippen LogP contribution < -0.4 is 4.74 Å². The summed E-state index contributed by atoms with van der Waals surface area (Å²) >= 11 is 0. The highest BCUT2D eigenvalue weighted by Gasteiger charge is 2.32. The molecule has 23 heavy (non-hydrogen) atoms. The van der Waals surface area contributed by atoms with Gasteiger partial charge in [0.1, 0.15) is 11.3 Å². The lowest BCUT2D eigenvalue weighted by molar-refractivity contribution is -0.139. The molecule has 0 atom stereocenters. The average molecular weight is 328 g/mol. The second kappa shape index (κ2) is 5.75. The van der Waals surface area contributed by atoms with Gasteiger partial charge in [-0.3, -0.25) is 0 Å². The zero-order chi connectivity index (χ0) is 16.6. The zero-order valence-corrected chi connectivity index (χ0v) is 12.4. The fourth-order valence-corrected chi connectivity index (χ4v) is 2.45. The number of hydrogen-bond acceptors (Lipinski definition) is 4. The van der Waals surface area contributed by atoms with Crippen LogP contribution in [0.1, 0.15) is 41.2 Å². The molecule has 2 heterocycles. The van der Waals surface area contributed by atoms with E-state index in [1.54, 1.807) is 16.6 Å². The van der Waals surface area contributed by atoms with Gasteiger partial charge in [-0.2, -0.15) is 18.3 Å². The average Bonchev–Trinajstić information content (AvgIpc) is 3.23. The van der Waals surface area contributed by atoms with Crippen molar-refractivity contribution < 1.29 is 27.4 Å². The Morgan fingerprint density at radius 1 is 1.39 bits per heavy atom. The molecule has 124 valence electrons. The van der Waals surface area contributed by atoms with Gasteiger partial charge in [0.05, 0.1) is 37.5 Å². The van der Waals surface area contributed by atoms with Crippen molar-refractivity contribution in [2.75, 3.05) is 13.7 Å². The van der Waals surface area contributed by atoms with Gasteiger partial charge in [-0.25, -0.2) is 9.31 Å². The highest BCUT2D eigenvalue weighted by atomic mass is 19.4. The topological polar surface area (TPSA) is 52.8 Å². The summed E-state index contributed by atoms with van der Waals surface area (Å²) in [5.41, 5.74) is 1.58. The van der Waals surface area contributed by atoms with Crippen molar-refractivity contribution in [3.05, 3.63) is 29.6 Å². The number of methoxy groups -OCH3 is 1. The maximum atomic E-state index is 12.3. The van der Waals surface area contributed by atoms with Crippen LogP contribution in [0.15, 0.2) is 18.3 Å². The molecule has 2 aromatic rings. The van der Waals surface area contributed by atoms with Gasteiger partial charge in [0, 0.05) is 5.92 Å². The number of fused-ring (bicyclic) bond motifs is 1. The Morgan fingerprint density at radius 3 is 2.74 bits per heavy atom. The summed E-state index contributed by atoms with van der Waals surface area (Å²) in [5, 5.41) is 4.18. The highest BCUT2D eigenvalue weighted by Crippen LogP contribution is 2.44. The summed E-state index contributed by atoms with van der Waals surface area (Å²) in [7, 11) is 1.28. The molecule has 1 aliphatic carbocycles. The van der Waals surface area contributed by atoms with E-state index in [0.717, 1.165) is 12.8 Å². The standard InChI is InChI=1S/C15H15F3N2O3/c1-22-14(21)10-8-19-20-11(10)4-5-12(13(20)9-2-3-9)23-7-6-15(16,17)18/h4-5,8-9H,2-3,6-7H2,1H3. The molecule has 0 aliphatic heterocycles. The minimum absolute atomic E-state index is 0.185. The third-order valence-corrected chi connectivity index (χ3v) is 3.69. The molecule has 0 spiro atoms. The van der Waals surface area contributed by atoms with Crippen molar-refractivity contribution in [1.82, 2.24) is 9.61 Å². The summed E-state index contributed by atoms with van der Waals surface area (Å²) < 4.78 is 48.4. The van der Waals surface area contributed by atoms with Crippen LogP contribution in [0.2, 0.25) is 0 Å². The van der Waals surface area contributed by atoms with Gasteiger partial charge < -0.3 is 9.47 Å². The molecule has 0 unspecified atom stereocenters. The number of halogens is 3. The van der Waals surface area contributed by atoms with Crippen molar-refractivity contribution in [2.24, 2.45) is 0 Å². The van der Waals surface area contributed by atoms with E-state index in [1.165, 1.54) is 13.3 Å². The lowest BCUT2D eigenvalue weighted by Gasteiger charge is -2.14. The van der Waals surface area contributed by atoms with Gasteiger partial charge in [0.25, 0.3) is 0 Å². The van der Waals surface area contributed by atoms with E-state index in [9.17, 15) is 18.0 Å². The van der Waals surface area contributed by atoms with Crippen LogP contribution in [0.3, 0.4) is 0 Å². The molecule has 0 aromatic carbocycles. The molecule has 0 saturated heterocycles. The number of aromatic nitrogens is 2. The van der Waals surface area contributed by atoms with Crippen LogP contribution in [0, 0.1) is 0 Å². The molecule has 3 rings (SSSR count). The fraction of sp³-hybridized carbons (Fsp3) is 0.467. The summed E-state index contributed by atoms with van der Waals surface area (Å²) in [6, 6.07) is 3.20. The number of carbonyl (C=O) groups excluding carboxylic acids is 1. The van der Waals surface area contributed by atoms with E-state index >= 15 is 0 Å². The number of rotatable bonds is 5. The van der Waals surface area contributed by atoms with Gasteiger partial charge in [0.2, 0.25) is 0 Å². The Kier molecular flexibility index (Phi) is 3.91. The lowest BCUT2D eigenvalue weighted by atomic mass is 10.2. The summed E-state index contributed by atoms with van der Waals surface area (Å²) in [5.74, 6) is 0.0567. The summed E-state index contributed by atoms with van der Waals surface area (Å²) in [4.78, 5) is 11.7. The number of alkyl halides is 3. The number of pyridine rings is 1. The van der Waals surface area contributed by atoms with Crippen LogP contribution in [-0.2, 0) is 4.74 Å². The monoisotopic (exact) mass is 328 g/mol. The van der Waals surface area contributed by atoms with Gasteiger partial charge in [-0.05, 0) is 25.0 Å². The maximum absolute atomic E-state index is 12.3. The second-order valence-electron chi connectivity index (χ2n) is 5.42. The van der Waals surface area contributed by atoms with Crippen molar-refractivity contribution in [3.8, 4) is 5.75 Å². The molecule has 2 aromatic heterocycles. The fourth-order valence-electron chi connectivity index (χ4n) is 2.45. The Morgan fingerprint density at radius 2 is 2.13 bits per heavy atom. The number of nitrogens with zero attached hydrogens (tertiary/aromatic N) is 2. The Labute approximate surface area is 130 Å². The molecular formula is C15H15F3N2O3. The van der Waals surface area contributed by atoms with Gasteiger partial charge >= 0.3 is 12.1 Å². The summed E-state index contributed by atoms with van der Waals surface area (Å²) in [6.45, 7) is -0.445. The number of hydrogen-bond donors (Lipinski definition) is 0. The van der Waals surface area contributed by atoms with Gasteiger partial charge in [-0.1, -0.05) is 0 Å². The molecule has 0 amide bonds. The predicted octanol–water partition coefficient (Wildman–Crippen LogP) is 3.33. The number of esters is 1. The largest absolute Gasteiger partial charge is 0.491 e. The molecule has 1 fully saturated rings. The van der Waals surface area contributed by atoms with E-state index in [-0.39, 0.29) is 5.92 Å². The van der Waals surface area contributed by atoms with E-state index in [4.69, 9.17) is 9.47 Å². The zero-order valence-electron chi connectivity index (χ0n) is 12.4. The quantitative estimate of drug-likeness (QED) is 0.790. The van der Waals surface area contributed by atoms with E-state index in [0.29, 0.717) is 22.5 Å². The van der Waals surface area contributed by atoms with E-state index in [2.05, 4.69) is 5.10 Å². The molecule has 5 nitrogen and oxygen atoms in total. The smallest absolute Gasteiger partial charge is 0.392 e. The Balaban J connectivity index is 1.93. The third-order valence-electron chi connectivity index (χ3n) is 3.69. The normalized spacial score (nSPS) is 15.0. The van der Waals surface area contributed by atoms with Crippen LogP contribution in [-0.4, -0.2) is 35.5 Å². The van der Waals surface area contributed by atoms with E-state index in [1.807, 2.05) is 0 Å². The van der Waals surface area contributed by atoms with Crippen molar-refractivity contribution in [2.45, 2.75) is 31.4 Å². The predicted molar refractivity (Wildman–Crippen MR) is 74.7 cm³/mol. The molecular weight excluding hydrogens is 313 g/mol. The lowest BCUT2D eigenvalue weighted by Crippen LogP contribution is -2.14. The molecule has 0 bridgehead atoms. The SMILES string of the molecule is COC(=O)c1cnn2c(C3CC3)c(OCCC(F)(F)F)ccc12. The number of ether oxygens (including phenoxy) is 2. The van der Waals surface area contributed by atoms with Crippen molar-refractivity contribution >= 4 is 11.5 Å². The molecule has 1 saturated carbocycles. The minimum Gasteiger partial charge on any atom is -0.491 e. The second-order valence-corrected chi connectivity index (χ2v) is 5.42.